The molecule has 0 bridgehead atoms. The monoisotopic (exact) mass is 337 g/mol. The van der Waals surface area contributed by atoms with Crippen LogP contribution in [-0.4, -0.2) is 54.8 Å². The first-order chi connectivity index (χ1) is 12.1. The molecule has 2 amide bonds. The van der Waals surface area contributed by atoms with E-state index >= 15 is 0 Å². The molecule has 1 saturated heterocycles. The van der Waals surface area contributed by atoms with E-state index in [1.54, 1.807) is 4.90 Å². The molecule has 25 heavy (non-hydrogen) atoms. The largest absolute Gasteiger partial charge is 0.340 e. The van der Waals surface area contributed by atoms with Gasteiger partial charge in [0.2, 0.25) is 11.8 Å². The fraction of sp³-hybridized carbons (Fsp3) is 0.300. The lowest BCUT2D eigenvalue weighted by atomic mass is 10.1. The Morgan fingerprint density at radius 3 is 2.12 bits per heavy atom. The normalized spacial score (nSPS) is 15.0. The number of carbonyl (C=O) groups is 2. The van der Waals surface area contributed by atoms with Gasteiger partial charge in [0.15, 0.2) is 0 Å². The van der Waals surface area contributed by atoms with Gasteiger partial charge in [-0.3, -0.25) is 9.59 Å². The van der Waals surface area contributed by atoms with E-state index in [9.17, 15) is 9.59 Å². The van der Waals surface area contributed by atoms with Gasteiger partial charge in [-0.25, -0.2) is 0 Å². The fourth-order valence-corrected chi connectivity index (χ4v) is 2.89. The first-order valence-electron chi connectivity index (χ1n) is 8.53. The van der Waals surface area contributed by atoms with E-state index < -0.39 is 0 Å². The Bertz CT molecular complexity index is 720. The second-order valence-corrected chi connectivity index (χ2v) is 6.35. The number of nitrogens with one attached hydrogen (secondary N) is 1. The molecule has 2 aromatic rings. The Morgan fingerprint density at radius 1 is 0.880 bits per heavy atom. The number of nitrogens with zero attached hydrogens (tertiary/aromatic N) is 2. The molecule has 0 saturated carbocycles. The Balaban J connectivity index is 1.53. The number of likely N-dealkylation sites (N-methyl/N-ethyl adjacent to an activating group) is 1. The smallest absolute Gasteiger partial charge is 0.233 e. The van der Waals surface area contributed by atoms with Crippen molar-refractivity contribution >= 4 is 17.5 Å². The number of anilines is 1. The lowest BCUT2D eigenvalue weighted by Gasteiger charge is -2.32. The van der Waals surface area contributed by atoms with E-state index in [1.165, 1.54) is 0 Å². The highest BCUT2D eigenvalue weighted by atomic mass is 16.2. The maximum absolute atomic E-state index is 12.2. The molecule has 0 spiro atoms. The van der Waals surface area contributed by atoms with Crippen LogP contribution in [0.2, 0.25) is 0 Å². The molecule has 2 aromatic carbocycles. The average molecular weight is 337 g/mol. The van der Waals surface area contributed by atoms with Gasteiger partial charge in [-0.05, 0) is 30.3 Å². The van der Waals surface area contributed by atoms with Crippen molar-refractivity contribution in [3.05, 3.63) is 54.6 Å². The molecule has 3 rings (SSSR count). The van der Waals surface area contributed by atoms with Crippen molar-refractivity contribution < 1.29 is 9.59 Å². The second-order valence-electron chi connectivity index (χ2n) is 6.35. The summed E-state index contributed by atoms with van der Waals surface area (Å²) in [5.41, 5.74) is 2.92. The van der Waals surface area contributed by atoms with Crippen LogP contribution in [0.25, 0.3) is 11.1 Å². The van der Waals surface area contributed by atoms with Gasteiger partial charge in [-0.15, -0.1) is 0 Å². The van der Waals surface area contributed by atoms with Crippen LogP contribution in [0, 0.1) is 0 Å². The van der Waals surface area contributed by atoms with Crippen molar-refractivity contribution in [2.24, 2.45) is 0 Å². The highest BCUT2D eigenvalue weighted by Crippen LogP contribution is 2.21. The third-order valence-electron chi connectivity index (χ3n) is 4.44. The second kappa shape index (κ2) is 7.94. The predicted molar refractivity (Wildman–Crippen MR) is 99.2 cm³/mol. The minimum atomic E-state index is -0.267. The van der Waals surface area contributed by atoms with Gasteiger partial charge in [0.1, 0.15) is 6.42 Å². The van der Waals surface area contributed by atoms with Crippen LogP contribution in [0.1, 0.15) is 6.42 Å². The maximum Gasteiger partial charge on any atom is 0.233 e. The van der Waals surface area contributed by atoms with Crippen LogP contribution >= 0.6 is 0 Å². The van der Waals surface area contributed by atoms with Gasteiger partial charge in [0.05, 0.1) is 0 Å². The number of carbonyl (C=O) groups excluding carboxylic acids is 2. The molecule has 130 valence electrons. The highest BCUT2D eigenvalue weighted by Gasteiger charge is 2.21. The minimum Gasteiger partial charge on any atom is -0.340 e. The van der Waals surface area contributed by atoms with Crippen molar-refractivity contribution in [3.8, 4) is 11.1 Å². The lowest BCUT2D eigenvalue weighted by molar-refractivity contribution is -0.135. The summed E-state index contributed by atoms with van der Waals surface area (Å²) in [4.78, 5) is 28.2. The van der Waals surface area contributed by atoms with E-state index in [-0.39, 0.29) is 18.2 Å². The molecule has 5 heteroatoms. The van der Waals surface area contributed by atoms with Gasteiger partial charge in [-0.1, -0.05) is 42.5 Å². The summed E-state index contributed by atoms with van der Waals surface area (Å²) in [5.74, 6) is -0.372. The highest BCUT2D eigenvalue weighted by molar-refractivity contribution is 6.03. The topological polar surface area (TPSA) is 52.7 Å². The molecule has 1 heterocycles. The molecular weight excluding hydrogens is 314 g/mol. The van der Waals surface area contributed by atoms with E-state index in [4.69, 9.17) is 0 Å². The summed E-state index contributed by atoms with van der Waals surface area (Å²) in [7, 11) is 2.04. The van der Waals surface area contributed by atoms with Crippen molar-refractivity contribution in [3.63, 3.8) is 0 Å². The molecular formula is C20H23N3O2. The summed E-state index contributed by atoms with van der Waals surface area (Å²) in [6.45, 7) is 3.09. The number of amides is 2. The molecule has 1 aliphatic rings. The predicted octanol–water partition coefficient (Wildman–Crippen LogP) is 2.46. The van der Waals surface area contributed by atoms with Gasteiger partial charge < -0.3 is 15.1 Å². The molecule has 5 nitrogen and oxygen atoms in total. The molecule has 0 aliphatic carbocycles. The van der Waals surface area contributed by atoms with Crippen LogP contribution in [0.5, 0.6) is 0 Å². The number of piperazine rings is 1. The zero-order valence-corrected chi connectivity index (χ0v) is 14.4. The third-order valence-corrected chi connectivity index (χ3v) is 4.44. The van der Waals surface area contributed by atoms with Crippen LogP contribution in [0.3, 0.4) is 0 Å². The number of hydrogen-bond donors (Lipinski definition) is 1. The first-order valence-corrected chi connectivity index (χ1v) is 8.53. The summed E-state index contributed by atoms with van der Waals surface area (Å²) < 4.78 is 0. The molecule has 0 atom stereocenters. The average Bonchev–Trinajstić information content (AvgIpc) is 2.63. The summed E-state index contributed by atoms with van der Waals surface area (Å²) in [6, 6.07) is 17.7. The zero-order chi connectivity index (χ0) is 17.6. The molecule has 1 N–H and O–H groups in total. The number of benzene rings is 2. The van der Waals surface area contributed by atoms with Crippen molar-refractivity contribution in [1.82, 2.24) is 9.80 Å². The van der Waals surface area contributed by atoms with Crippen molar-refractivity contribution in [1.29, 1.82) is 0 Å². The van der Waals surface area contributed by atoms with Gasteiger partial charge in [-0.2, -0.15) is 0 Å². The Morgan fingerprint density at radius 2 is 1.48 bits per heavy atom. The molecule has 1 aliphatic heterocycles. The minimum absolute atomic E-state index is 0.105. The van der Waals surface area contributed by atoms with E-state index in [2.05, 4.69) is 10.2 Å². The van der Waals surface area contributed by atoms with Crippen LogP contribution in [-0.2, 0) is 9.59 Å². The van der Waals surface area contributed by atoms with Gasteiger partial charge in [0.25, 0.3) is 0 Å². The fourth-order valence-electron chi connectivity index (χ4n) is 2.89. The van der Waals surface area contributed by atoms with Crippen LogP contribution in [0.4, 0.5) is 5.69 Å². The Hall–Kier alpha value is -2.66. The summed E-state index contributed by atoms with van der Waals surface area (Å²) in [5, 5.41) is 2.80. The molecule has 0 unspecified atom stereocenters. The molecule has 0 aromatic heterocycles. The third kappa shape index (κ3) is 4.67. The maximum atomic E-state index is 12.2. The van der Waals surface area contributed by atoms with Crippen LogP contribution in [0.15, 0.2) is 54.6 Å². The van der Waals surface area contributed by atoms with E-state index in [1.807, 2.05) is 61.6 Å². The van der Waals surface area contributed by atoms with E-state index in [0.717, 1.165) is 24.2 Å². The standard InChI is InChI=1S/C20H23N3O2/c1-22-11-13-23(14-12-22)20(25)15-19(24)21-18-9-7-17(8-10-18)16-5-3-2-4-6-16/h2-10H,11-15H2,1H3,(H,21,24). The molecule has 0 radical (unpaired) electrons. The SMILES string of the molecule is CN1CCN(C(=O)CC(=O)Nc2ccc(-c3ccccc3)cc2)CC1. The van der Waals surface area contributed by atoms with Crippen LogP contribution < -0.4 is 5.32 Å². The Kier molecular flexibility index (Phi) is 5.46. The zero-order valence-electron chi connectivity index (χ0n) is 14.4. The number of rotatable bonds is 4. The lowest BCUT2D eigenvalue weighted by Crippen LogP contribution is -2.47. The summed E-state index contributed by atoms with van der Waals surface area (Å²) in [6.07, 6.45) is -0.107. The quantitative estimate of drug-likeness (QED) is 0.872. The van der Waals surface area contributed by atoms with Gasteiger partial charge >= 0.3 is 0 Å². The van der Waals surface area contributed by atoms with Crippen molar-refractivity contribution in [2.75, 3.05) is 38.5 Å². The number of hydrogen-bond acceptors (Lipinski definition) is 3. The Labute approximate surface area is 148 Å². The summed E-state index contributed by atoms with van der Waals surface area (Å²) >= 11 is 0. The van der Waals surface area contributed by atoms with E-state index in [0.29, 0.717) is 18.8 Å². The molecule has 1 fully saturated rings. The van der Waals surface area contributed by atoms with Crippen molar-refractivity contribution in [2.45, 2.75) is 6.42 Å². The van der Waals surface area contributed by atoms with Gasteiger partial charge in [0, 0.05) is 31.9 Å². The first kappa shape index (κ1) is 17.2.